The van der Waals surface area contributed by atoms with E-state index in [-0.39, 0.29) is 6.01 Å². The Morgan fingerprint density at radius 1 is 1.30 bits per heavy atom. The fourth-order valence-electron chi connectivity index (χ4n) is 1.62. The maximum absolute atomic E-state index is 10.9. The highest BCUT2D eigenvalue weighted by atomic mass is 16.4. The molecule has 0 spiro atoms. The highest BCUT2D eigenvalue weighted by Crippen LogP contribution is 2.14. The van der Waals surface area contributed by atoms with Crippen LogP contribution >= 0.6 is 0 Å². The zero-order valence-electron chi connectivity index (χ0n) is 11.0. The third-order valence-electron chi connectivity index (χ3n) is 2.76. The summed E-state index contributed by atoms with van der Waals surface area (Å²) in [6, 6.07) is 7.19. The van der Waals surface area contributed by atoms with Gasteiger partial charge in [-0.3, -0.25) is 4.79 Å². The third-order valence-corrected chi connectivity index (χ3v) is 2.76. The molecule has 0 aliphatic carbocycles. The number of aromatic nitrogens is 1. The number of hydrogen-bond donors (Lipinski definition) is 2. The molecule has 2 aromatic rings. The van der Waals surface area contributed by atoms with Crippen molar-refractivity contribution in [3.8, 4) is 0 Å². The average Bonchev–Trinajstić information content (AvgIpc) is 2.86. The summed E-state index contributed by atoms with van der Waals surface area (Å²) in [5, 5.41) is 0. The Kier molecular flexibility index (Phi) is 4.00. The van der Waals surface area contributed by atoms with Gasteiger partial charge in [-0.25, -0.2) is 0 Å². The van der Waals surface area contributed by atoms with Gasteiger partial charge in [0.05, 0.1) is 0 Å². The van der Waals surface area contributed by atoms with Crippen molar-refractivity contribution in [1.29, 1.82) is 0 Å². The predicted molar refractivity (Wildman–Crippen MR) is 78.6 cm³/mol. The fraction of sp³-hybridized carbons (Fsp3) is 0.0667. The predicted octanol–water partition coefficient (Wildman–Crippen LogP) is 2.47. The number of primary amides is 1. The van der Waals surface area contributed by atoms with Crippen LogP contribution < -0.4 is 11.5 Å². The molecule has 0 aliphatic rings. The smallest absolute Gasteiger partial charge is 0.292 e. The van der Waals surface area contributed by atoms with E-state index in [0.717, 1.165) is 11.1 Å². The SMILES string of the molecule is C/C(=C\C=C/c1ccc(C(N)=O)cc1)c1coc(N)n1. The molecule has 0 fully saturated rings. The normalized spacial score (nSPS) is 11.9. The molecule has 2 rings (SSSR count). The van der Waals surface area contributed by atoms with Crippen LogP contribution in [0.25, 0.3) is 11.6 Å². The van der Waals surface area contributed by atoms with Gasteiger partial charge in [-0.15, -0.1) is 0 Å². The number of nitrogens with zero attached hydrogens (tertiary/aromatic N) is 1. The molecule has 0 unspecified atom stereocenters. The summed E-state index contributed by atoms with van der Waals surface area (Å²) in [4.78, 5) is 15.0. The molecule has 1 heterocycles. The first kappa shape index (κ1) is 13.6. The average molecular weight is 269 g/mol. The summed E-state index contributed by atoms with van der Waals surface area (Å²) in [5.41, 5.74) is 13.7. The van der Waals surface area contributed by atoms with Crippen LogP contribution in [0.15, 0.2) is 47.1 Å². The molecule has 1 amide bonds. The van der Waals surface area contributed by atoms with E-state index in [1.165, 1.54) is 6.26 Å². The fourth-order valence-corrected chi connectivity index (χ4v) is 1.62. The quantitative estimate of drug-likeness (QED) is 0.833. The van der Waals surface area contributed by atoms with E-state index in [4.69, 9.17) is 15.9 Å². The molecule has 4 N–H and O–H groups in total. The standard InChI is InChI=1S/C15H15N3O2/c1-10(13-9-20-15(17)18-13)3-2-4-11-5-7-12(8-6-11)14(16)19/h2-9H,1H3,(H2,16,19)(H2,17,18)/b4-2-,10-3+. The van der Waals surface area contributed by atoms with Crippen LogP contribution in [0.1, 0.15) is 28.5 Å². The van der Waals surface area contributed by atoms with E-state index >= 15 is 0 Å². The second kappa shape index (κ2) is 5.88. The number of oxazole rings is 1. The van der Waals surface area contributed by atoms with Crippen molar-refractivity contribution in [3.05, 3.63) is 59.5 Å². The van der Waals surface area contributed by atoms with Crippen LogP contribution in [-0.2, 0) is 0 Å². The second-order valence-electron chi connectivity index (χ2n) is 4.27. The molecule has 1 aromatic heterocycles. The molecule has 0 atom stereocenters. The Hall–Kier alpha value is -2.82. The summed E-state index contributed by atoms with van der Waals surface area (Å²) in [6.45, 7) is 1.91. The van der Waals surface area contributed by atoms with Gasteiger partial charge >= 0.3 is 0 Å². The van der Waals surface area contributed by atoms with Crippen molar-refractivity contribution in [2.75, 3.05) is 5.73 Å². The molecular weight excluding hydrogens is 254 g/mol. The summed E-state index contributed by atoms with van der Waals surface area (Å²) >= 11 is 0. The van der Waals surface area contributed by atoms with Crippen LogP contribution in [0.4, 0.5) is 6.01 Å². The number of hydrogen-bond acceptors (Lipinski definition) is 4. The molecule has 0 saturated carbocycles. The first-order valence-corrected chi connectivity index (χ1v) is 6.02. The zero-order chi connectivity index (χ0) is 14.5. The van der Waals surface area contributed by atoms with Crippen LogP contribution in [-0.4, -0.2) is 10.9 Å². The lowest BCUT2D eigenvalue weighted by Crippen LogP contribution is -2.10. The van der Waals surface area contributed by atoms with E-state index < -0.39 is 5.91 Å². The van der Waals surface area contributed by atoms with Gasteiger partial charge in [-0.2, -0.15) is 4.98 Å². The third kappa shape index (κ3) is 3.35. The summed E-state index contributed by atoms with van der Waals surface area (Å²) in [6.07, 6.45) is 7.22. The molecule has 102 valence electrons. The lowest BCUT2D eigenvalue weighted by molar-refractivity contribution is 0.100. The molecule has 0 aliphatic heterocycles. The number of nitrogen functional groups attached to an aromatic ring is 1. The van der Waals surface area contributed by atoms with E-state index in [9.17, 15) is 4.79 Å². The highest BCUT2D eigenvalue weighted by molar-refractivity contribution is 5.92. The molecule has 5 nitrogen and oxygen atoms in total. The number of nitrogens with two attached hydrogens (primary N) is 2. The number of carbonyl (C=O) groups is 1. The Bertz CT molecular complexity index is 667. The van der Waals surface area contributed by atoms with E-state index in [1.54, 1.807) is 12.1 Å². The lowest BCUT2D eigenvalue weighted by Gasteiger charge is -1.96. The Morgan fingerprint density at radius 3 is 2.55 bits per heavy atom. The number of anilines is 1. The number of allylic oxidation sites excluding steroid dienone is 3. The maximum atomic E-state index is 10.9. The van der Waals surface area contributed by atoms with Crippen molar-refractivity contribution in [2.24, 2.45) is 5.73 Å². The van der Waals surface area contributed by atoms with E-state index in [1.807, 2.05) is 37.3 Å². The van der Waals surface area contributed by atoms with Crippen molar-refractivity contribution in [1.82, 2.24) is 4.98 Å². The lowest BCUT2D eigenvalue weighted by atomic mass is 10.1. The van der Waals surface area contributed by atoms with Gasteiger partial charge in [0.25, 0.3) is 6.01 Å². The topological polar surface area (TPSA) is 95.1 Å². The number of benzene rings is 1. The molecule has 20 heavy (non-hydrogen) atoms. The number of carbonyl (C=O) groups excluding carboxylic acids is 1. The molecular formula is C15H15N3O2. The van der Waals surface area contributed by atoms with Gasteiger partial charge in [0, 0.05) is 5.56 Å². The van der Waals surface area contributed by atoms with Crippen molar-refractivity contribution >= 4 is 23.6 Å². The van der Waals surface area contributed by atoms with Gasteiger partial charge in [0.2, 0.25) is 5.91 Å². The molecule has 0 radical (unpaired) electrons. The van der Waals surface area contributed by atoms with Gasteiger partial charge < -0.3 is 15.9 Å². The molecule has 0 bridgehead atoms. The van der Waals surface area contributed by atoms with E-state index in [0.29, 0.717) is 11.3 Å². The van der Waals surface area contributed by atoms with Gasteiger partial charge in [-0.05, 0) is 30.2 Å². The Morgan fingerprint density at radius 2 is 2.00 bits per heavy atom. The first-order valence-electron chi connectivity index (χ1n) is 6.02. The summed E-state index contributed by atoms with van der Waals surface area (Å²) < 4.78 is 4.94. The Labute approximate surface area is 116 Å². The minimum atomic E-state index is -0.431. The van der Waals surface area contributed by atoms with Crippen molar-refractivity contribution in [2.45, 2.75) is 6.92 Å². The largest absolute Gasteiger partial charge is 0.432 e. The molecule has 0 saturated heterocycles. The van der Waals surface area contributed by atoms with Gasteiger partial charge in [0.15, 0.2) is 0 Å². The summed E-state index contributed by atoms with van der Waals surface area (Å²) in [5.74, 6) is -0.431. The second-order valence-corrected chi connectivity index (χ2v) is 4.27. The number of rotatable bonds is 4. The highest BCUT2D eigenvalue weighted by Gasteiger charge is 2.01. The van der Waals surface area contributed by atoms with Gasteiger partial charge in [-0.1, -0.05) is 30.4 Å². The number of amides is 1. The van der Waals surface area contributed by atoms with Crippen molar-refractivity contribution in [3.63, 3.8) is 0 Å². The zero-order valence-corrected chi connectivity index (χ0v) is 11.0. The Balaban J connectivity index is 2.07. The van der Waals surface area contributed by atoms with Gasteiger partial charge in [0.1, 0.15) is 12.0 Å². The molecule has 5 heteroatoms. The van der Waals surface area contributed by atoms with Crippen LogP contribution in [0, 0.1) is 0 Å². The van der Waals surface area contributed by atoms with Crippen LogP contribution in [0.3, 0.4) is 0 Å². The van der Waals surface area contributed by atoms with E-state index in [2.05, 4.69) is 4.98 Å². The first-order chi connectivity index (χ1) is 9.56. The van der Waals surface area contributed by atoms with Crippen LogP contribution in [0.2, 0.25) is 0 Å². The minimum Gasteiger partial charge on any atom is -0.432 e. The van der Waals surface area contributed by atoms with Crippen LogP contribution in [0.5, 0.6) is 0 Å². The maximum Gasteiger partial charge on any atom is 0.292 e. The van der Waals surface area contributed by atoms with Crippen molar-refractivity contribution < 1.29 is 9.21 Å². The summed E-state index contributed by atoms with van der Waals surface area (Å²) in [7, 11) is 0. The minimum absolute atomic E-state index is 0.152. The monoisotopic (exact) mass is 269 g/mol. The molecule has 1 aromatic carbocycles.